The Morgan fingerprint density at radius 2 is 2.37 bits per heavy atom. The zero-order valence-electron chi connectivity index (χ0n) is 11.6. The van der Waals surface area contributed by atoms with Crippen LogP contribution < -0.4 is 5.32 Å². The molecule has 0 bridgehead atoms. The van der Waals surface area contributed by atoms with Crippen molar-refractivity contribution in [2.75, 3.05) is 19.7 Å². The number of hydrogen-bond acceptors (Lipinski definition) is 4. The van der Waals surface area contributed by atoms with Gasteiger partial charge in [-0.1, -0.05) is 0 Å². The number of aryl methyl sites for hydroxylation is 1. The molecule has 2 rings (SSSR count). The van der Waals surface area contributed by atoms with Crippen LogP contribution in [-0.4, -0.2) is 41.7 Å². The molecule has 1 saturated heterocycles. The SMILES string of the molecule is CC(=O)N[C@@H]1CCN(Cc2ccc(C)s2)C[C@@H]1CO. The van der Waals surface area contributed by atoms with Crippen molar-refractivity contribution in [1.29, 1.82) is 0 Å². The molecule has 0 radical (unpaired) electrons. The highest BCUT2D eigenvalue weighted by molar-refractivity contribution is 7.11. The lowest BCUT2D eigenvalue weighted by Crippen LogP contribution is -2.51. The van der Waals surface area contributed by atoms with Gasteiger partial charge >= 0.3 is 0 Å². The highest BCUT2D eigenvalue weighted by atomic mass is 32.1. The van der Waals surface area contributed by atoms with Gasteiger partial charge in [0.05, 0.1) is 0 Å². The summed E-state index contributed by atoms with van der Waals surface area (Å²) in [5.41, 5.74) is 0. The third-order valence-electron chi connectivity index (χ3n) is 3.62. The molecule has 1 amide bonds. The molecule has 106 valence electrons. The molecule has 2 heterocycles. The van der Waals surface area contributed by atoms with Crippen molar-refractivity contribution in [3.8, 4) is 0 Å². The number of nitrogens with zero attached hydrogens (tertiary/aromatic N) is 1. The standard InChI is InChI=1S/C14H22N2O2S/c1-10-3-4-13(19-10)8-16-6-5-14(15-11(2)18)12(7-16)9-17/h3-4,12,14,17H,5-9H2,1-2H3,(H,15,18)/t12-,14-/m1/s1. The number of thiophene rings is 1. The minimum Gasteiger partial charge on any atom is -0.396 e. The predicted octanol–water partition coefficient (Wildman–Crippen LogP) is 1.38. The number of carbonyl (C=O) groups is 1. The van der Waals surface area contributed by atoms with Gasteiger partial charge in [0.25, 0.3) is 0 Å². The van der Waals surface area contributed by atoms with E-state index in [9.17, 15) is 9.90 Å². The molecule has 1 fully saturated rings. The van der Waals surface area contributed by atoms with E-state index in [0.29, 0.717) is 0 Å². The van der Waals surface area contributed by atoms with Gasteiger partial charge in [0.15, 0.2) is 0 Å². The van der Waals surface area contributed by atoms with Gasteiger partial charge < -0.3 is 10.4 Å². The van der Waals surface area contributed by atoms with E-state index in [1.54, 1.807) is 0 Å². The van der Waals surface area contributed by atoms with Crippen LogP contribution in [0, 0.1) is 12.8 Å². The van der Waals surface area contributed by atoms with E-state index in [-0.39, 0.29) is 24.5 Å². The number of hydrogen-bond donors (Lipinski definition) is 2. The second-order valence-electron chi connectivity index (χ2n) is 5.29. The summed E-state index contributed by atoms with van der Waals surface area (Å²) in [4.78, 5) is 16.2. The van der Waals surface area contributed by atoms with Gasteiger partial charge in [-0.2, -0.15) is 0 Å². The highest BCUT2D eigenvalue weighted by Crippen LogP contribution is 2.22. The van der Waals surface area contributed by atoms with Crippen LogP contribution >= 0.6 is 11.3 Å². The van der Waals surface area contributed by atoms with Crippen molar-refractivity contribution in [3.63, 3.8) is 0 Å². The molecule has 1 aliphatic heterocycles. The van der Waals surface area contributed by atoms with Crippen LogP contribution in [0.2, 0.25) is 0 Å². The molecule has 0 aliphatic carbocycles. The maximum absolute atomic E-state index is 11.1. The highest BCUT2D eigenvalue weighted by Gasteiger charge is 2.29. The first kappa shape index (κ1) is 14.5. The van der Waals surface area contributed by atoms with Gasteiger partial charge in [-0.15, -0.1) is 11.3 Å². The average molecular weight is 282 g/mol. The Balaban J connectivity index is 1.91. The van der Waals surface area contributed by atoms with Crippen molar-refractivity contribution >= 4 is 17.2 Å². The monoisotopic (exact) mass is 282 g/mol. The number of aliphatic hydroxyl groups excluding tert-OH is 1. The van der Waals surface area contributed by atoms with E-state index in [0.717, 1.165) is 26.1 Å². The van der Waals surface area contributed by atoms with Gasteiger partial charge in [0.1, 0.15) is 0 Å². The first-order chi connectivity index (χ1) is 9.08. The van der Waals surface area contributed by atoms with Gasteiger partial charge in [-0.25, -0.2) is 0 Å². The van der Waals surface area contributed by atoms with Gasteiger partial charge in [0, 0.05) is 54.9 Å². The van der Waals surface area contributed by atoms with Gasteiger partial charge in [-0.3, -0.25) is 9.69 Å². The lowest BCUT2D eigenvalue weighted by atomic mass is 9.92. The lowest BCUT2D eigenvalue weighted by molar-refractivity contribution is -0.120. The number of likely N-dealkylation sites (tertiary alicyclic amines) is 1. The Morgan fingerprint density at radius 1 is 1.58 bits per heavy atom. The normalized spacial score (nSPS) is 24.4. The molecule has 1 aromatic heterocycles. The third kappa shape index (κ3) is 4.03. The summed E-state index contributed by atoms with van der Waals surface area (Å²) in [5.74, 6) is 0.129. The molecule has 19 heavy (non-hydrogen) atoms. The van der Waals surface area contributed by atoms with E-state index in [1.165, 1.54) is 16.7 Å². The van der Waals surface area contributed by atoms with Crippen LogP contribution in [-0.2, 0) is 11.3 Å². The summed E-state index contributed by atoms with van der Waals surface area (Å²) >= 11 is 1.83. The molecule has 2 N–H and O–H groups in total. The second-order valence-corrected chi connectivity index (χ2v) is 6.66. The molecule has 0 aromatic carbocycles. The predicted molar refractivity (Wildman–Crippen MR) is 77.1 cm³/mol. The Hall–Kier alpha value is -0.910. The number of piperidine rings is 1. The van der Waals surface area contributed by atoms with Crippen LogP contribution in [0.1, 0.15) is 23.1 Å². The van der Waals surface area contributed by atoms with E-state index in [4.69, 9.17) is 0 Å². The summed E-state index contributed by atoms with van der Waals surface area (Å²) in [5, 5.41) is 12.4. The molecule has 0 spiro atoms. The topological polar surface area (TPSA) is 52.6 Å². The van der Waals surface area contributed by atoms with Crippen molar-refractivity contribution < 1.29 is 9.90 Å². The summed E-state index contributed by atoms with van der Waals surface area (Å²) < 4.78 is 0. The van der Waals surface area contributed by atoms with Crippen molar-refractivity contribution in [1.82, 2.24) is 10.2 Å². The van der Waals surface area contributed by atoms with E-state index >= 15 is 0 Å². The fourth-order valence-electron chi connectivity index (χ4n) is 2.68. The van der Waals surface area contributed by atoms with Gasteiger partial charge in [-0.05, 0) is 25.5 Å². The lowest BCUT2D eigenvalue weighted by Gasteiger charge is -2.37. The summed E-state index contributed by atoms with van der Waals surface area (Å²) in [7, 11) is 0. The zero-order valence-corrected chi connectivity index (χ0v) is 12.4. The molecule has 2 atom stereocenters. The van der Waals surface area contributed by atoms with Gasteiger partial charge in [0.2, 0.25) is 5.91 Å². The molecule has 0 unspecified atom stereocenters. The van der Waals surface area contributed by atoms with E-state index < -0.39 is 0 Å². The molecular weight excluding hydrogens is 260 g/mol. The van der Waals surface area contributed by atoms with Crippen LogP contribution in [0.4, 0.5) is 0 Å². The smallest absolute Gasteiger partial charge is 0.217 e. The fraction of sp³-hybridized carbons (Fsp3) is 0.643. The second kappa shape index (κ2) is 6.50. The molecule has 0 saturated carbocycles. The Kier molecular flexibility index (Phi) is 4.96. The molecule has 4 nitrogen and oxygen atoms in total. The minimum atomic E-state index is -0.00854. The van der Waals surface area contributed by atoms with E-state index in [1.807, 2.05) is 11.3 Å². The number of nitrogens with one attached hydrogen (secondary N) is 1. The van der Waals surface area contributed by atoms with Crippen molar-refractivity contribution in [3.05, 3.63) is 21.9 Å². The maximum atomic E-state index is 11.1. The number of rotatable bonds is 4. The molecular formula is C14H22N2O2S. The van der Waals surface area contributed by atoms with Crippen LogP contribution in [0.5, 0.6) is 0 Å². The Morgan fingerprint density at radius 3 is 2.95 bits per heavy atom. The quantitative estimate of drug-likeness (QED) is 0.877. The molecule has 1 aliphatic rings. The first-order valence-electron chi connectivity index (χ1n) is 6.74. The largest absolute Gasteiger partial charge is 0.396 e. The maximum Gasteiger partial charge on any atom is 0.217 e. The van der Waals surface area contributed by atoms with Crippen LogP contribution in [0.15, 0.2) is 12.1 Å². The number of carbonyl (C=O) groups excluding carboxylic acids is 1. The van der Waals surface area contributed by atoms with Crippen molar-refractivity contribution in [2.24, 2.45) is 5.92 Å². The summed E-state index contributed by atoms with van der Waals surface area (Å²) in [6.07, 6.45) is 0.912. The van der Waals surface area contributed by atoms with Crippen LogP contribution in [0.25, 0.3) is 0 Å². The number of aliphatic hydroxyl groups is 1. The Labute approximate surface area is 118 Å². The van der Waals surface area contributed by atoms with Crippen molar-refractivity contribution in [2.45, 2.75) is 32.9 Å². The fourth-order valence-corrected chi connectivity index (χ4v) is 3.61. The summed E-state index contributed by atoms with van der Waals surface area (Å²) in [6, 6.07) is 4.44. The minimum absolute atomic E-state index is 0.00854. The third-order valence-corrected chi connectivity index (χ3v) is 4.60. The summed E-state index contributed by atoms with van der Waals surface area (Å²) in [6.45, 7) is 6.55. The Bertz CT molecular complexity index is 433. The number of amides is 1. The van der Waals surface area contributed by atoms with E-state index in [2.05, 4.69) is 29.3 Å². The zero-order chi connectivity index (χ0) is 13.8. The molecule has 5 heteroatoms. The molecule has 1 aromatic rings. The average Bonchev–Trinajstić information content (AvgIpc) is 2.76. The first-order valence-corrected chi connectivity index (χ1v) is 7.55. The van der Waals surface area contributed by atoms with Crippen LogP contribution in [0.3, 0.4) is 0 Å².